The van der Waals surface area contributed by atoms with E-state index in [2.05, 4.69) is 5.32 Å². The third kappa shape index (κ3) is 8.00. The third-order valence-corrected chi connectivity index (χ3v) is 9.73. The van der Waals surface area contributed by atoms with Crippen LogP contribution in [0.5, 0.6) is 0 Å². The molecule has 0 radical (unpaired) electrons. The largest absolute Gasteiger partial charge is 0.352 e. The van der Waals surface area contributed by atoms with E-state index < -0.39 is 34.5 Å². The summed E-state index contributed by atoms with van der Waals surface area (Å²) < 4.78 is 44.4. The number of nitrogens with zero attached hydrogens (tertiary/aromatic N) is 3. The van der Waals surface area contributed by atoms with Crippen LogP contribution in [0.15, 0.2) is 72.8 Å². The second-order valence-corrected chi connectivity index (χ2v) is 13.5. The van der Waals surface area contributed by atoms with Crippen LogP contribution < -0.4 is 9.62 Å². The number of carbonyl (C=O) groups excluding carboxylic acids is 2. The van der Waals surface area contributed by atoms with Crippen LogP contribution in [0.4, 0.5) is 10.1 Å². The predicted octanol–water partition coefficient (Wildman–Crippen LogP) is 4.75. The molecule has 0 bridgehead atoms. The molecule has 0 heterocycles. The zero-order valence-electron chi connectivity index (χ0n) is 25.3. The van der Waals surface area contributed by atoms with Crippen LogP contribution in [0.25, 0.3) is 0 Å². The molecule has 1 aliphatic rings. The summed E-state index contributed by atoms with van der Waals surface area (Å²) >= 11 is 0. The number of halogens is 1. The van der Waals surface area contributed by atoms with Crippen LogP contribution in [0, 0.1) is 19.7 Å². The van der Waals surface area contributed by atoms with Gasteiger partial charge in [0.2, 0.25) is 11.8 Å². The van der Waals surface area contributed by atoms with Crippen LogP contribution in [0.2, 0.25) is 0 Å². The average molecular weight is 609 g/mol. The third-order valence-electron chi connectivity index (χ3n) is 7.92. The molecule has 3 aromatic carbocycles. The van der Waals surface area contributed by atoms with E-state index in [-0.39, 0.29) is 30.5 Å². The van der Waals surface area contributed by atoms with E-state index in [0.717, 1.165) is 45.4 Å². The van der Waals surface area contributed by atoms with Gasteiger partial charge in [-0.1, -0.05) is 73.5 Å². The first-order chi connectivity index (χ1) is 20.5. The van der Waals surface area contributed by atoms with Gasteiger partial charge in [-0.3, -0.25) is 9.59 Å². The summed E-state index contributed by atoms with van der Waals surface area (Å²) in [5.41, 5.74) is 2.92. The van der Waals surface area contributed by atoms with Crippen LogP contribution in [-0.4, -0.2) is 62.2 Å². The average Bonchev–Trinajstić information content (AvgIpc) is 3.49. The van der Waals surface area contributed by atoms with E-state index in [9.17, 15) is 18.0 Å². The van der Waals surface area contributed by atoms with Gasteiger partial charge in [-0.05, 0) is 55.5 Å². The molecule has 230 valence electrons. The normalized spacial score (nSPS) is 14.5. The minimum atomic E-state index is -4.12. The van der Waals surface area contributed by atoms with E-state index >= 15 is 4.39 Å². The molecule has 1 N–H and O–H groups in total. The molecule has 1 fully saturated rings. The molecule has 3 aromatic rings. The van der Waals surface area contributed by atoms with Crippen LogP contribution in [0.3, 0.4) is 0 Å². The summed E-state index contributed by atoms with van der Waals surface area (Å²) in [5.74, 6) is -1.46. The maximum atomic E-state index is 15.0. The lowest BCUT2D eigenvalue weighted by atomic mass is 10.0. The Kier molecular flexibility index (Phi) is 10.6. The lowest BCUT2D eigenvalue weighted by molar-refractivity contribution is -0.140. The van der Waals surface area contributed by atoms with Crippen molar-refractivity contribution in [1.29, 1.82) is 0 Å². The lowest BCUT2D eigenvalue weighted by Gasteiger charge is -2.35. The second-order valence-electron chi connectivity index (χ2n) is 11.4. The van der Waals surface area contributed by atoms with E-state index in [1.54, 1.807) is 37.3 Å². The first kappa shape index (κ1) is 32.2. The predicted molar refractivity (Wildman–Crippen MR) is 167 cm³/mol. The first-order valence-corrected chi connectivity index (χ1v) is 16.0. The van der Waals surface area contributed by atoms with Crippen LogP contribution in [0.1, 0.15) is 47.9 Å². The van der Waals surface area contributed by atoms with Crippen molar-refractivity contribution in [3.05, 3.63) is 101 Å². The summed E-state index contributed by atoms with van der Waals surface area (Å²) in [6.07, 6.45) is 3.92. The number of benzene rings is 3. The minimum Gasteiger partial charge on any atom is -0.352 e. The molecular weight excluding hydrogens is 567 g/mol. The molecular formula is C33H41FN4O4S. The molecule has 43 heavy (non-hydrogen) atoms. The highest BCUT2D eigenvalue weighted by Gasteiger charge is 2.36. The number of nitrogens with one attached hydrogen (secondary N) is 1. The lowest BCUT2D eigenvalue weighted by Crippen LogP contribution is -2.55. The molecule has 1 saturated carbocycles. The molecule has 0 saturated heterocycles. The molecule has 0 aromatic heterocycles. The van der Waals surface area contributed by atoms with Gasteiger partial charge in [-0.25, -0.2) is 8.70 Å². The smallest absolute Gasteiger partial charge is 0.304 e. The van der Waals surface area contributed by atoms with Crippen molar-refractivity contribution in [3.63, 3.8) is 0 Å². The Hall–Kier alpha value is -3.76. The Morgan fingerprint density at radius 3 is 2.26 bits per heavy atom. The van der Waals surface area contributed by atoms with Crippen molar-refractivity contribution in [2.45, 2.75) is 64.6 Å². The number of anilines is 1. The molecule has 0 unspecified atom stereocenters. The van der Waals surface area contributed by atoms with Crippen molar-refractivity contribution >= 4 is 27.7 Å². The van der Waals surface area contributed by atoms with Gasteiger partial charge in [-0.15, -0.1) is 0 Å². The highest BCUT2D eigenvalue weighted by Crippen LogP contribution is 2.27. The van der Waals surface area contributed by atoms with E-state index in [1.807, 2.05) is 43.3 Å². The Bertz CT molecular complexity index is 1520. The molecule has 8 nitrogen and oxygen atoms in total. The zero-order chi connectivity index (χ0) is 31.1. The number of amides is 2. The van der Waals surface area contributed by atoms with Crippen molar-refractivity contribution in [3.8, 4) is 0 Å². The Balaban J connectivity index is 1.79. The highest BCUT2D eigenvalue weighted by atomic mass is 32.2. The van der Waals surface area contributed by atoms with Crippen molar-refractivity contribution in [2.24, 2.45) is 0 Å². The van der Waals surface area contributed by atoms with Gasteiger partial charge in [0, 0.05) is 38.7 Å². The SMILES string of the molecule is Cc1ccc(C)c(N(CC(=O)N(Cc2ccccc2F)[C@@H](Cc2ccccc2)C(=O)NC2CCCC2)S(=O)(=O)N(C)C)c1. The Morgan fingerprint density at radius 1 is 0.953 bits per heavy atom. The van der Waals surface area contributed by atoms with Gasteiger partial charge in [0.05, 0.1) is 5.69 Å². The minimum absolute atomic E-state index is 0.00301. The second kappa shape index (κ2) is 14.1. The molecule has 2 amide bonds. The van der Waals surface area contributed by atoms with Crippen molar-refractivity contribution in [2.75, 3.05) is 24.9 Å². The highest BCUT2D eigenvalue weighted by molar-refractivity contribution is 7.90. The van der Waals surface area contributed by atoms with Crippen LogP contribution in [-0.2, 0) is 32.8 Å². The fraction of sp³-hybridized carbons (Fsp3) is 0.394. The number of hydrogen-bond acceptors (Lipinski definition) is 4. The number of hydrogen-bond donors (Lipinski definition) is 1. The van der Waals surface area contributed by atoms with Gasteiger partial charge in [0.25, 0.3) is 0 Å². The van der Waals surface area contributed by atoms with Gasteiger partial charge >= 0.3 is 10.2 Å². The van der Waals surface area contributed by atoms with Crippen molar-refractivity contribution in [1.82, 2.24) is 14.5 Å². The van der Waals surface area contributed by atoms with E-state index in [4.69, 9.17) is 0 Å². The number of rotatable bonds is 12. The maximum absolute atomic E-state index is 15.0. The molecule has 0 spiro atoms. The summed E-state index contributed by atoms with van der Waals surface area (Å²) in [6.45, 7) is 2.85. The fourth-order valence-corrected chi connectivity index (χ4v) is 6.53. The van der Waals surface area contributed by atoms with Gasteiger partial charge in [0.15, 0.2) is 0 Å². The molecule has 1 aliphatic carbocycles. The number of aryl methyl sites for hydroxylation is 2. The maximum Gasteiger partial charge on any atom is 0.304 e. The first-order valence-electron chi connectivity index (χ1n) is 14.6. The zero-order valence-corrected chi connectivity index (χ0v) is 26.1. The summed E-state index contributed by atoms with van der Waals surface area (Å²) in [4.78, 5) is 29.7. The molecule has 0 aliphatic heterocycles. The summed E-state index contributed by atoms with van der Waals surface area (Å²) in [7, 11) is -1.31. The summed E-state index contributed by atoms with van der Waals surface area (Å²) in [6, 6.07) is 19.8. The van der Waals surface area contributed by atoms with Gasteiger partial charge in [-0.2, -0.15) is 12.7 Å². The molecule has 1 atom stereocenters. The van der Waals surface area contributed by atoms with Gasteiger partial charge < -0.3 is 10.2 Å². The fourth-order valence-electron chi connectivity index (χ4n) is 5.42. The molecule has 4 rings (SSSR count). The topological polar surface area (TPSA) is 90.0 Å². The van der Waals surface area contributed by atoms with Crippen molar-refractivity contribution < 1.29 is 22.4 Å². The monoisotopic (exact) mass is 608 g/mol. The van der Waals surface area contributed by atoms with E-state index in [0.29, 0.717) is 11.3 Å². The standard InChI is InChI=1S/C33H41FN4O4S/c1-24-18-19-25(2)30(20-24)38(43(41,42)36(3)4)23-32(39)37(22-27-14-8-11-17-29(27)34)31(21-26-12-6-5-7-13-26)33(40)35-28-15-9-10-16-28/h5-8,11-14,17-20,28,31H,9-10,15-16,21-23H2,1-4H3,(H,35,40)/t31-/m0/s1. The summed E-state index contributed by atoms with van der Waals surface area (Å²) in [5, 5.41) is 3.12. The number of carbonyl (C=O) groups is 2. The quantitative estimate of drug-likeness (QED) is 0.321. The Labute approximate surface area is 254 Å². The van der Waals surface area contributed by atoms with Gasteiger partial charge in [0.1, 0.15) is 18.4 Å². The Morgan fingerprint density at radius 2 is 1.60 bits per heavy atom. The van der Waals surface area contributed by atoms with E-state index in [1.165, 1.54) is 25.1 Å². The molecule has 10 heteroatoms. The van der Waals surface area contributed by atoms with Crippen LogP contribution >= 0.6 is 0 Å².